The van der Waals surface area contributed by atoms with Crippen LogP contribution in [0, 0.1) is 0 Å². The van der Waals surface area contributed by atoms with E-state index in [4.69, 9.17) is 4.74 Å². The van der Waals surface area contributed by atoms with Crippen LogP contribution in [-0.2, 0) is 13.0 Å². The third-order valence-electron chi connectivity index (χ3n) is 4.12. The molecule has 0 unspecified atom stereocenters. The summed E-state index contributed by atoms with van der Waals surface area (Å²) in [7, 11) is 3.43. The summed E-state index contributed by atoms with van der Waals surface area (Å²) in [5.74, 6) is 1.58. The number of methoxy groups -OCH3 is 1. The molecular weight excluding hydrogens is 340 g/mol. The van der Waals surface area contributed by atoms with E-state index in [1.807, 2.05) is 49.4 Å². The number of hydrogen-bond donors (Lipinski definition) is 3. The van der Waals surface area contributed by atoms with Gasteiger partial charge in [-0.15, -0.1) is 0 Å². The van der Waals surface area contributed by atoms with E-state index >= 15 is 0 Å². The summed E-state index contributed by atoms with van der Waals surface area (Å²) in [5, 5.41) is 9.38. The van der Waals surface area contributed by atoms with Crippen LogP contribution >= 0.6 is 0 Å². The van der Waals surface area contributed by atoms with E-state index in [0.29, 0.717) is 18.7 Å². The summed E-state index contributed by atoms with van der Waals surface area (Å²) < 4.78 is 5.37. The van der Waals surface area contributed by atoms with E-state index in [2.05, 4.69) is 27.0 Å². The van der Waals surface area contributed by atoms with Crippen molar-refractivity contribution < 1.29 is 9.53 Å². The minimum absolute atomic E-state index is 0.0502. The maximum Gasteiger partial charge on any atom is 0.251 e. The molecule has 144 valence electrons. The molecule has 0 bridgehead atoms. The minimum atomic E-state index is -0.0502. The summed E-state index contributed by atoms with van der Waals surface area (Å²) in [6.45, 7) is 3.90. The average Bonchev–Trinajstić information content (AvgIpc) is 2.71. The fourth-order valence-electron chi connectivity index (χ4n) is 2.67. The third-order valence-corrected chi connectivity index (χ3v) is 4.12. The second kappa shape index (κ2) is 10.9. The fourth-order valence-corrected chi connectivity index (χ4v) is 2.67. The maximum absolute atomic E-state index is 11.8. The lowest BCUT2D eigenvalue weighted by molar-refractivity contribution is 0.0956. The fraction of sp³-hybridized carbons (Fsp3) is 0.333. The van der Waals surface area contributed by atoms with Crippen LogP contribution < -0.4 is 20.7 Å². The van der Waals surface area contributed by atoms with Gasteiger partial charge in [-0.1, -0.05) is 30.3 Å². The molecule has 3 N–H and O–H groups in total. The summed E-state index contributed by atoms with van der Waals surface area (Å²) in [6.07, 6.45) is 0.839. The van der Waals surface area contributed by atoms with E-state index < -0.39 is 0 Å². The molecule has 1 amide bonds. The maximum atomic E-state index is 11.8. The minimum Gasteiger partial charge on any atom is -0.496 e. The van der Waals surface area contributed by atoms with Crippen LogP contribution in [0.1, 0.15) is 28.4 Å². The van der Waals surface area contributed by atoms with Crippen LogP contribution in [0.2, 0.25) is 0 Å². The van der Waals surface area contributed by atoms with Gasteiger partial charge in [-0.3, -0.25) is 9.79 Å². The van der Waals surface area contributed by atoms with Gasteiger partial charge >= 0.3 is 0 Å². The molecule has 0 aromatic heterocycles. The number of rotatable bonds is 8. The van der Waals surface area contributed by atoms with E-state index in [1.165, 1.54) is 0 Å². The zero-order chi connectivity index (χ0) is 19.5. The Morgan fingerprint density at radius 2 is 1.78 bits per heavy atom. The molecule has 0 heterocycles. The zero-order valence-corrected chi connectivity index (χ0v) is 16.2. The van der Waals surface area contributed by atoms with Crippen molar-refractivity contribution in [2.75, 3.05) is 27.2 Å². The van der Waals surface area contributed by atoms with Gasteiger partial charge in [-0.05, 0) is 42.7 Å². The van der Waals surface area contributed by atoms with Crippen LogP contribution in [-0.4, -0.2) is 39.1 Å². The van der Waals surface area contributed by atoms with Crippen molar-refractivity contribution in [3.05, 3.63) is 65.2 Å². The molecule has 6 heteroatoms. The van der Waals surface area contributed by atoms with Crippen LogP contribution in [0.3, 0.4) is 0 Å². The highest BCUT2D eigenvalue weighted by Gasteiger charge is 2.05. The number of amides is 1. The van der Waals surface area contributed by atoms with Crippen LogP contribution in [0.5, 0.6) is 5.75 Å². The predicted octanol–water partition coefficient (Wildman–Crippen LogP) is 2.35. The summed E-state index contributed by atoms with van der Waals surface area (Å²) in [6, 6.07) is 15.6. The molecule has 27 heavy (non-hydrogen) atoms. The second-order valence-corrected chi connectivity index (χ2v) is 5.97. The monoisotopic (exact) mass is 368 g/mol. The van der Waals surface area contributed by atoms with E-state index in [9.17, 15) is 4.79 Å². The van der Waals surface area contributed by atoms with Crippen LogP contribution in [0.15, 0.2) is 53.5 Å². The number of nitrogens with zero attached hydrogens (tertiary/aromatic N) is 1. The number of hydrogen-bond acceptors (Lipinski definition) is 3. The summed E-state index contributed by atoms with van der Waals surface area (Å²) in [4.78, 5) is 16.0. The van der Waals surface area contributed by atoms with Crippen molar-refractivity contribution in [1.82, 2.24) is 16.0 Å². The van der Waals surface area contributed by atoms with Gasteiger partial charge in [0.15, 0.2) is 5.96 Å². The molecule has 0 fully saturated rings. The molecule has 0 saturated heterocycles. The molecule has 2 rings (SSSR count). The Balaban J connectivity index is 1.81. The predicted molar refractivity (Wildman–Crippen MR) is 109 cm³/mol. The van der Waals surface area contributed by atoms with Gasteiger partial charge in [0.25, 0.3) is 5.91 Å². The molecule has 2 aromatic carbocycles. The molecule has 0 radical (unpaired) electrons. The molecule has 0 aliphatic heterocycles. The van der Waals surface area contributed by atoms with Crippen molar-refractivity contribution in [1.29, 1.82) is 0 Å². The first kappa shape index (κ1) is 20.3. The smallest absolute Gasteiger partial charge is 0.251 e. The van der Waals surface area contributed by atoms with Crippen molar-refractivity contribution in [3.8, 4) is 5.75 Å². The molecule has 0 aliphatic rings. The first-order valence-electron chi connectivity index (χ1n) is 9.11. The Morgan fingerprint density at radius 1 is 1.04 bits per heavy atom. The Labute approximate surface area is 161 Å². The summed E-state index contributed by atoms with van der Waals surface area (Å²) in [5.41, 5.74) is 2.90. The number of para-hydroxylation sites is 1. The van der Waals surface area contributed by atoms with E-state index in [1.54, 1.807) is 14.2 Å². The van der Waals surface area contributed by atoms with E-state index in [0.717, 1.165) is 35.8 Å². The molecule has 0 spiro atoms. The van der Waals surface area contributed by atoms with Gasteiger partial charge in [-0.2, -0.15) is 0 Å². The van der Waals surface area contributed by atoms with Crippen LogP contribution in [0.25, 0.3) is 0 Å². The quantitative estimate of drug-likeness (QED) is 0.494. The van der Waals surface area contributed by atoms with E-state index in [-0.39, 0.29) is 5.91 Å². The topological polar surface area (TPSA) is 74.8 Å². The molecule has 0 saturated carbocycles. The molecule has 0 aliphatic carbocycles. The number of benzene rings is 2. The Hall–Kier alpha value is -3.02. The van der Waals surface area contributed by atoms with Crippen molar-refractivity contribution in [2.24, 2.45) is 4.99 Å². The first-order valence-corrected chi connectivity index (χ1v) is 9.11. The lowest BCUT2D eigenvalue weighted by atomic mass is 10.1. The SMILES string of the molecule is CCNC(=O)c1ccc(CNC(=NC)NCCc2ccccc2OC)cc1. The number of aliphatic imine (C=N–C) groups is 1. The summed E-state index contributed by atoms with van der Waals surface area (Å²) >= 11 is 0. The Bertz CT molecular complexity index is 757. The molecular formula is C21H28N4O2. The van der Waals surface area contributed by atoms with Gasteiger partial charge in [0.2, 0.25) is 0 Å². The number of carbonyl (C=O) groups excluding carboxylic acids is 1. The highest BCUT2D eigenvalue weighted by Crippen LogP contribution is 2.17. The zero-order valence-electron chi connectivity index (χ0n) is 16.2. The van der Waals surface area contributed by atoms with Gasteiger partial charge < -0.3 is 20.7 Å². The first-order chi connectivity index (χ1) is 13.2. The average molecular weight is 368 g/mol. The lowest BCUT2D eigenvalue weighted by Gasteiger charge is -2.13. The standard InChI is InChI=1S/C21H28N4O2/c1-4-23-20(26)18-11-9-16(10-12-18)15-25-21(22-2)24-14-13-17-7-5-6-8-19(17)27-3/h5-12H,4,13-15H2,1-3H3,(H,23,26)(H2,22,24,25). The van der Waals surface area contributed by atoms with Gasteiger partial charge in [0.05, 0.1) is 7.11 Å². The normalized spacial score (nSPS) is 11.0. The van der Waals surface area contributed by atoms with Gasteiger partial charge in [0.1, 0.15) is 5.75 Å². The highest BCUT2D eigenvalue weighted by molar-refractivity contribution is 5.94. The number of carbonyl (C=O) groups is 1. The van der Waals surface area contributed by atoms with Gasteiger partial charge in [0, 0.05) is 32.2 Å². The van der Waals surface area contributed by atoms with Gasteiger partial charge in [-0.25, -0.2) is 0 Å². The van der Waals surface area contributed by atoms with Crippen LogP contribution in [0.4, 0.5) is 0 Å². The Morgan fingerprint density at radius 3 is 2.44 bits per heavy atom. The number of ether oxygens (including phenoxy) is 1. The largest absolute Gasteiger partial charge is 0.496 e. The molecule has 0 atom stereocenters. The molecule has 2 aromatic rings. The van der Waals surface area contributed by atoms with Crippen molar-refractivity contribution in [2.45, 2.75) is 19.9 Å². The van der Waals surface area contributed by atoms with Crippen molar-refractivity contribution >= 4 is 11.9 Å². The lowest BCUT2D eigenvalue weighted by Crippen LogP contribution is -2.37. The number of guanidine groups is 1. The van der Waals surface area contributed by atoms with Crippen molar-refractivity contribution in [3.63, 3.8) is 0 Å². The molecule has 6 nitrogen and oxygen atoms in total. The second-order valence-electron chi connectivity index (χ2n) is 5.97. The third kappa shape index (κ3) is 6.33. The highest BCUT2D eigenvalue weighted by atomic mass is 16.5. The Kier molecular flexibility index (Phi) is 8.16. The number of nitrogens with one attached hydrogen (secondary N) is 3.